The largest absolute Gasteiger partial charge is 0.460 e. The number of hydrogen-bond acceptors (Lipinski definition) is 12. The number of carbonyl (C=O) groups is 1. The molecule has 0 aliphatic heterocycles. The standard InChI is InChI=1S/C31H54BrNO11/c1-2-3-9-33-30-6-4-29(5-7-30)31(34)44-28-27-43-26-25-42-24-23-41-22-21-40-20-19-39-18-17-38-16-15-37-14-13-36-12-11-35-10-8-32/h4-7,33H,2-3,8-28H2,1H3. The molecule has 1 rings (SSSR count). The Labute approximate surface area is 271 Å². The molecule has 0 unspecified atom stereocenters. The fourth-order valence-corrected chi connectivity index (χ4v) is 3.56. The molecule has 1 N–H and O–H groups in total. The predicted molar refractivity (Wildman–Crippen MR) is 171 cm³/mol. The highest BCUT2D eigenvalue weighted by Gasteiger charge is 2.06. The molecule has 13 heteroatoms. The molecule has 256 valence electrons. The van der Waals surface area contributed by atoms with Crippen LogP contribution in [0.15, 0.2) is 24.3 Å². The molecule has 0 amide bonds. The Morgan fingerprint density at radius 2 is 0.886 bits per heavy atom. The number of unbranched alkanes of at least 4 members (excludes halogenated alkanes) is 1. The van der Waals surface area contributed by atoms with Gasteiger partial charge in [-0.15, -0.1) is 0 Å². The summed E-state index contributed by atoms with van der Waals surface area (Å²) in [6.07, 6.45) is 2.25. The van der Waals surface area contributed by atoms with E-state index in [1.54, 1.807) is 12.1 Å². The molecule has 0 heterocycles. The Hall–Kier alpha value is -1.39. The Kier molecular flexibility index (Phi) is 30.5. The number of benzene rings is 1. The van der Waals surface area contributed by atoms with E-state index in [-0.39, 0.29) is 12.6 Å². The fourth-order valence-electron chi connectivity index (χ4n) is 3.33. The van der Waals surface area contributed by atoms with Gasteiger partial charge in [0.25, 0.3) is 0 Å². The zero-order valence-electron chi connectivity index (χ0n) is 26.4. The number of ether oxygens (including phenoxy) is 10. The van der Waals surface area contributed by atoms with E-state index in [1.807, 2.05) is 12.1 Å². The van der Waals surface area contributed by atoms with Crippen molar-refractivity contribution >= 4 is 27.6 Å². The van der Waals surface area contributed by atoms with Crippen LogP contribution in [0.4, 0.5) is 5.69 Å². The van der Waals surface area contributed by atoms with Crippen LogP contribution in [-0.4, -0.2) is 143 Å². The second-order valence-corrected chi connectivity index (χ2v) is 9.99. The highest BCUT2D eigenvalue weighted by atomic mass is 79.9. The van der Waals surface area contributed by atoms with Gasteiger partial charge in [0.1, 0.15) is 6.61 Å². The van der Waals surface area contributed by atoms with E-state index < -0.39 is 0 Å². The fraction of sp³-hybridized carbons (Fsp3) is 0.774. The molecule has 12 nitrogen and oxygen atoms in total. The summed E-state index contributed by atoms with van der Waals surface area (Å²) >= 11 is 3.30. The molecule has 0 saturated carbocycles. The third-order valence-electron chi connectivity index (χ3n) is 5.64. The Bertz CT molecular complexity index is 746. The number of halogens is 1. The average molecular weight is 697 g/mol. The van der Waals surface area contributed by atoms with Gasteiger partial charge in [0.15, 0.2) is 0 Å². The van der Waals surface area contributed by atoms with Crippen LogP contribution in [0.5, 0.6) is 0 Å². The third kappa shape index (κ3) is 27.0. The summed E-state index contributed by atoms with van der Waals surface area (Å²) < 4.78 is 54.1. The molecule has 0 fully saturated rings. The van der Waals surface area contributed by atoms with Crippen molar-refractivity contribution in [2.75, 3.05) is 143 Å². The van der Waals surface area contributed by atoms with Gasteiger partial charge in [0.2, 0.25) is 0 Å². The molecular formula is C31H54BrNO11. The van der Waals surface area contributed by atoms with Crippen LogP contribution in [0.1, 0.15) is 30.1 Å². The maximum Gasteiger partial charge on any atom is 0.338 e. The smallest absolute Gasteiger partial charge is 0.338 e. The van der Waals surface area contributed by atoms with Gasteiger partial charge in [0.05, 0.1) is 124 Å². The molecule has 0 bridgehead atoms. The highest BCUT2D eigenvalue weighted by Crippen LogP contribution is 2.10. The summed E-state index contributed by atoms with van der Waals surface area (Å²) in [4.78, 5) is 12.1. The van der Waals surface area contributed by atoms with Gasteiger partial charge < -0.3 is 52.7 Å². The Balaban J connectivity index is 1.72. The summed E-state index contributed by atoms with van der Waals surface area (Å²) in [7, 11) is 0. The average Bonchev–Trinajstić information content (AvgIpc) is 3.04. The number of esters is 1. The first-order valence-electron chi connectivity index (χ1n) is 15.5. The van der Waals surface area contributed by atoms with Crippen molar-refractivity contribution in [2.24, 2.45) is 0 Å². The third-order valence-corrected chi connectivity index (χ3v) is 5.96. The maximum atomic E-state index is 12.1. The Morgan fingerprint density at radius 3 is 1.23 bits per heavy atom. The lowest BCUT2D eigenvalue weighted by Crippen LogP contribution is -2.15. The lowest BCUT2D eigenvalue weighted by atomic mass is 10.2. The SMILES string of the molecule is CCCCNc1ccc(C(=O)OCCOCCOCCOCCOCCOCCOCCOCCOCCOCCBr)cc1. The first kappa shape index (κ1) is 40.6. The molecule has 1 aromatic carbocycles. The van der Waals surface area contributed by atoms with Crippen molar-refractivity contribution < 1.29 is 52.2 Å². The predicted octanol–water partition coefficient (Wildman–Crippen LogP) is 3.60. The number of rotatable bonds is 34. The van der Waals surface area contributed by atoms with Crippen LogP contribution < -0.4 is 5.32 Å². The summed E-state index contributed by atoms with van der Waals surface area (Å²) in [5, 5.41) is 4.15. The van der Waals surface area contributed by atoms with Crippen molar-refractivity contribution in [1.29, 1.82) is 0 Å². The van der Waals surface area contributed by atoms with Gasteiger partial charge in [-0.05, 0) is 30.7 Å². The summed E-state index contributed by atoms with van der Waals surface area (Å²) in [5.41, 5.74) is 1.52. The van der Waals surface area contributed by atoms with E-state index in [0.717, 1.165) is 30.4 Å². The zero-order valence-corrected chi connectivity index (χ0v) is 28.0. The van der Waals surface area contributed by atoms with Crippen LogP contribution in [0, 0.1) is 0 Å². The first-order chi connectivity index (χ1) is 21.8. The van der Waals surface area contributed by atoms with Gasteiger partial charge in [0, 0.05) is 17.6 Å². The molecular weight excluding hydrogens is 642 g/mol. The first-order valence-corrected chi connectivity index (χ1v) is 16.7. The molecule has 0 aliphatic carbocycles. The minimum atomic E-state index is -0.359. The summed E-state index contributed by atoms with van der Waals surface area (Å²) in [5.74, 6) is -0.359. The molecule has 0 spiro atoms. The van der Waals surface area contributed by atoms with Gasteiger partial charge in [-0.25, -0.2) is 4.79 Å². The minimum absolute atomic E-state index is 0.193. The molecule has 1 aromatic rings. The van der Waals surface area contributed by atoms with Crippen molar-refractivity contribution in [3.05, 3.63) is 29.8 Å². The van der Waals surface area contributed by atoms with E-state index in [1.165, 1.54) is 0 Å². The lowest BCUT2D eigenvalue weighted by molar-refractivity contribution is -0.0257. The number of hydrogen-bond donors (Lipinski definition) is 1. The quantitative estimate of drug-likeness (QED) is 0.0644. The van der Waals surface area contributed by atoms with Crippen molar-refractivity contribution in [2.45, 2.75) is 19.8 Å². The van der Waals surface area contributed by atoms with Crippen LogP contribution in [-0.2, 0) is 47.4 Å². The van der Waals surface area contributed by atoms with Gasteiger partial charge in [-0.1, -0.05) is 29.3 Å². The number of nitrogens with one attached hydrogen (secondary N) is 1. The molecule has 0 saturated heterocycles. The van der Waals surface area contributed by atoms with Crippen molar-refractivity contribution in [1.82, 2.24) is 0 Å². The van der Waals surface area contributed by atoms with E-state index >= 15 is 0 Å². The maximum absolute atomic E-state index is 12.1. The zero-order chi connectivity index (χ0) is 31.6. The van der Waals surface area contributed by atoms with Crippen LogP contribution in [0.25, 0.3) is 0 Å². The monoisotopic (exact) mass is 695 g/mol. The molecule has 0 aliphatic rings. The van der Waals surface area contributed by atoms with E-state index in [0.29, 0.717) is 124 Å². The number of anilines is 1. The van der Waals surface area contributed by atoms with E-state index in [4.69, 9.17) is 47.4 Å². The Morgan fingerprint density at radius 1 is 0.545 bits per heavy atom. The molecule has 0 aromatic heterocycles. The molecule has 44 heavy (non-hydrogen) atoms. The van der Waals surface area contributed by atoms with Crippen LogP contribution >= 0.6 is 15.9 Å². The second-order valence-electron chi connectivity index (χ2n) is 9.19. The summed E-state index contributed by atoms with van der Waals surface area (Å²) in [6.45, 7) is 12.4. The molecule has 0 radical (unpaired) electrons. The minimum Gasteiger partial charge on any atom is -0.460 e. The van der Waals surface area contributed by atoms with Crippen molar-refractivity contribution in [3.63, 3.8) is 0 Å². The topological polar surface area (TPSA) is 121 Å². The van der Waals surface area contributed by atoms with E-state index in [2.05, 4.69) is 28.2 Å². The normalized spacial score (nSPS) is 11.2. The lowest BCUT2D eigenvalue weighted by Gasteiger charge is -2.09. The van der Waals surface area contributed by atoms with Crippen LogP contribution in [0.2, 0.25) is 0 Å². The van der Waals surface area contributed by atoms with Gasteiger partial charge in [-0.2, -0.15) is 0 Å². The van der Waals surface area contributed by atoms with Crippen LogP contribution in [0.3, 0.4) is 0 Å². The highest BCUT2D eigenvalue weighted by molar-refractivity contribution is 9.09. The molecule has 0 atom stereocenters. The number of carbonyl (C=O) groups excluding carboxylic acids is 1. The summed E-state index contributed by atoms with van der Waals surface area (Å²) in [6, 6.07) is 7.29. The number of alkyl halides is 1. The van der Waals surface area contributed by atoms with Gasteiger partial charge in [-0.3, -0.25) is 0 Å². The second kappa shape index (κ2) is 33.0. The van der Waals surface area contributed by atoms with E-state index in [9.17, 15) is 4.79 Å². The van der Waals surface area contributed by atoms with Crippen molar-refractivity contribution in [3.8, 4) is 0 Å². The van der Waals surface area contributed by atoms with Gasteiger partial charge >= 0.3 is 5.97 Å².